The molecule has 0 spiro atoms. The molecule has 9 heteroatoms. The largest absolute Gasteiger partial charge is 0.475 e. The van der Waals surface area contributed by atoms with Crippen molar-refractivity contribution in [2.75, 3.05) is 0 Å². The zero-order chi connectivity index (χ0) is 11.7. The van der Waals surface area contributed by atoms with Crippen LogP contribution in [0, 0.1) is 5.92 Å². The zero-order valence-corrected chi connectivity index (χ0v) is 6.11. The molecular formula is C5H2F6O3. The second-order valence-electron chi connectivity index (χ2n) is 2.19. The Kier molecular flexibility index (Phi) is 3.15. The molecule has 0 aromatic carbocycles. The smallest absolute Gasteiger partial charge is 0.408 e. The van der Waals surface area contributed by atoms with E-state index in [0.717, 1.165) is 0 Å². The van der Waals surface area contributed by atoms with Crippen LogP contribution >= 0.6 is 0 Å². The van der Waals surface area contributed by atoms with Crippen LogP contribution in [0.4, 0.5) is 26.3 Å². The van der Waals surface area contributed by atoms with E-state index in [1.54, 1.807) is 0 Å². The predicted molar refractivity (Wildman–Crippen MR) is 28.2 cm³/mol. The number of rotatable bonds is 2. The fourth-order valence-electron chi connectivity index (χ4n) is 0.606. The number of hydrogen-bond acceptors (Lipinski definition) is 2. The summed E-state index contributed by atoms with van der Waals surface area (Å²) in [6.07, 6.45) is -11.9. The Labute approximate surface area is 72.3 Å². The molecule has 0 atom stereocenters. The lowest BCUT2D eigenvalue weighted by Gasteiger charge is -2.19. The van der Waals surface area contributed by atoms with E-state index in [9.17, 15) is 35.9 Å². The number of carboxylic acid groups (broad SMARTS) is 1. The van der Waals surface area contributed by atoms with Gasteiger partial charge in [-0.1, -0.05) is 0 Å². The summed E-state index contributed by atoms with van der Waals surface area (Å²) in [5, 5.41) is 7.73. The van der Waals surface area contributed by atoms with E-state index in [2.05, 4.69) is 0 Å². The summed E-state index contributed by atoms with van der Waals surface area (Å²) >= 11 is 0. The number of halogens is 6. The SMILES string of the molecule is O=C(O)C(=O)C(C(F)(F)F)C(F)(F)F. The molecule has 82 valence electrons. The molecule has 0 saturated carbocycles. The minimum atomic E-state index is -5.95. The van der Waals surface area contributed by atoms with Crippen LogP contribution < -0.4 is 0 Å². The molecule has 0 fully saturated rings. The lowest BCUT2D eigenvalue weighted by molar-refractivity contribution is -0.273. The van der Waals surface area contributed by atoms with Gasteiger partial charge in [-0.2, -0.15) is 26.3 Å². The number of carbonyl (C=O) groups is 2. The second-order valence-corrected chi connectivity index (χ2v) is 2.19. The molecule has 0 aliphatic heterocycles. The minimum Gasteiger partial charge on any atom is -0.475 e. The Morgan fingerprint density at radius 2 is 1.21 bits per heavy atom. The Morgan fingerprint density at radius 3 is 1.29 bits per heavy atom. The van der Waals surface area contributed by atoms with Crippen molar-refractivity contribution in [1.82, 2.24) is 0 Å². The molecule has 0 amide bonds. The molecule has 0 unspecified atom stereocenters. The highest BCUT2D eigenvalue weighted by atomic mass is 19.4. The lowest BCUT2D eigenvalue weighted by atomic mass is 10.0. The van der Waals surface area contributed by atoms with E-state index in [0.29, 0.717) is 0 Å². The summed E-state index contributed by atoms with van der Waals surface area (Å²) in [5.74, 6) is -10.2. The first-order valence-electron chi connectivity index (χ1n) is 2.88. The monoisotopic (exact) mass is 224 g/mol. The third kappa shape index (κ3) is 2.89. The summed E-state index contributed by atoms with van der Waals surface area (Å²) in [7, 11) is 0. The Hall–Kier alpha value is -1.28. The van der Waals surface area contributed by atoms with E-state index in [-0.39, 0.29) is 0 Å². The number of Topliss-reactive ketones (excluding diaryl/α,β-unsaturated/α-hetero) is 1. The number of ketones is 1. The van der Waals surface area contributed by atoms with Crippen LogP contribution in [0.5, 0.6) is 0 Å². The average molecular weight is 224 g/mol. The first kappa shape index (κ1) is 12.7. The highest BCUT2D eigenvalue weighted by Gasteiger charge is 2.62. The Balaban J connectivity index is 5.15. The van der Waals surface area contributed by atoms with Gasteiger partial charge in [0.05, 0.1) is 0 Å². The maximum Gasteiger partial charge on any atom is 0.408 e. The normalized spacial score (nSPS) is 13.1. The van der Waals surface area contributed by atoms with Gasteiger partial charge in [-0.15, -0.1) is 0 Å². The average Bonchev–Trinajstić information content (AvgIpc) is 1.79. The topological polar surface area (TPSA) is 54.4 Å². The molecule has 14 heavy (non-hydrogen) atoms. The maximum atomic E-state index is 11.6. The number of aliphatic carboxylic acids is 1. The van der Waals surface area contributed by atoms with E-state index in [1.165, 1.54) is 0 Å². The summed E-state index contributed by atoms with van der Waals surface area (Å²) in [6.45, 7) is 0. The van der Waals surface area contributed by atoms with Crippen molar-refractivity contribution in [3.63, 3.8) is 0 Å². The number of carbonyl (C=O) groups excluding carboxylic acids is 1. The maximum absolute atomic E-state index is 11.6. The van der Waals surface area contributed by atoms with Crippen LogP contribution in [0.1, 0.15) is 0 Å². The van der Waals surface area contributed by atoms with Crippen LogP contribution in [-0.4, -0.2) is 29.2 Å². The van der Waals surface area contributed by atoms with Gasteiger partial charge in [0.1, 0.15) is 0 Å². The van der Waals surface area contributed by atoms with Gasteiger partial charge >= 0.3 is 18.3 Å². The van der Waals surface area contributed by atoms with Gasteiger partial charge in [0.15, 0.2) is 0 Å². The van der Waals surface area contributed by atoms with Crippen molar-refractivity contribution in [2.24, 2.45) is 5.92 Å². The number of hydrogen-bond donors (Lipinski definition) is 1. The fourth-order valence-corrected chi connectivity index (χ4v) is 0.606. The van der Waals surface area contributed by atoms with Crippen LogP contribution in [0.2, 0.25) is 0 Å². The van der Waals surface area contributed by atoms with Gasteiger partial charge < -0.3 is 5.11 Å². The highest BCUT2D eigenvalue weighted by Crippen LogP contribution is 2.39. The first-order chi connectivity index (χ1) is 5.98. The van der Waals surface area contributed by atoms with E-state index >= 15 is 0 Å². The van der Waals surface area contributed by atoms with Gasteiger partial charge in [0.2, 0.25) is 5.92 Å². The van der Waals surface area contributed by atoms with Gasteiger partial charge in [0.25, 0.3) is 5.78 Å². The van der Waals surface area contributed by atoms with Crippen molar-refractivity contribution in [1.29, 1.82) is 0 Å². The highest BCUT2D eigenvalue weighted by molar-refractivity contribution is 6.33. The molecule has 0 bridgehead atoms. The van der Waals surface area contributed by atoms with Crippen molar-refractivity contribution < 1.29 is 41.0 Å². The van der Waals surface area contributed by atoms with Crippen molar-refractivity contribution >= 4 is 11.8 Å². The number of carboxylic acids is 1. The molecule has 0 aromatic heterocycles. The van der Waals surface area contributed by atoms with Crippen molar-refractivity contribution in [3.05, 3.63) is 0 Å². The third-order valence-corrected chi connectivity index (χ3v) is 1.13. The summed E-state index contributed by atoms with van der Waals surface area (Å²) in [4.78, 5) is 19.8. The molecule has 3 nitrogen and oxygen atoms in total. The van der Waals surface area contributed by atoms with Crippen LogP contribution in [0.15, 0.2) is 0 Å². The third-order valence-electron chi connectivity index (χ3n) is 1.13. The molecule has 0 aliphatic carbocycles. The van der Waals surface area contributed by atoms with E-state index < -0.39 is 30.0 Å². The first-order valence-corrected chi connectivity index (χ1v) is 2.88. The van der Waals surface area contributed by atoms with Gasteiger partial charge in [-0.25, -0.2) is 4.79 Å². The molecular weight excluding hydrogens is 222 g/mol. The van der Waals surface area contributed by atoms with E-state index in [4.69, 9.17) is 5.11 Å². The summed E-state index contributed by atoms with van der Waals surface area (Å²) in [5.41, 5.74) is 0. The minimum absolute atomic E-state index is 2.77. The second kappa shape index (κ2) is 3.46. The van der Waals surface area contributed by atoms with Crippen LogP contribution in [0.25, 0.3) is 0 Å². The van der Waals surface area contributed by atoms with Gasteiger partial charge in [0, 0.05) is 0 Å². The Bertz CT molecular complexity index is 237. The molecule has 0 aromatic rings. The standard InChI is InChI=1S/C5H2F6O3/c6-4(7,8)2(5(9,10)11)1(12)3(13)14/h2H,(H,13,14). The number of alkyl halides is 6. The fraction of sp³-hybridized carbons (Fsp3) is 0.600. The van der Waals surface area contributed by atoms with Crippen molar-refractivity contribution in [2.45, 2.75) is 12.4 Å². The molecule has 0 heterocycles. The lowest BCUT2D eigenvalue weighted by Crippen LogP contribution is -2.45. The predicted octanol–water partition coefficient (Wildman–Crippen LogP) is 1.38. The molecule has 0 saturated heterocycles. The molecule has 0 rings (SSSR count). The van der Waals surface area contributed by atoms with Gasteiger partial charge in [-0.05, 0) is 0 Å². The summed E-state index contributed by atoms with van der Waals surface area (Å²) < 4.78 is 69.7. The molecule has 0 aliphatic rings. The van der Waals surface area contributed by atoms with Crippen molar-refractivity contribution in [3.8, 4) is 0 Å². The zero-order valence-electron chi connectivity index (χ0n) is 6.11. The van der Waals surface area contributed by atoms with E-state index in [1.807, 2.05) is 0 Å². The van der Waals surface area contributed by atoms with Gasteiger partial charge in [-0.3, -0.25) is 4.79 Å². The molecule has 0 radical (unpaired) electrons. The van der Waals surface area contributed by atoms with Crippen LogP contribution in [0.3, 0.4) is 0 Å². The summed E-state index contributed by atoms with van der Waals surface area (Å²) in [6, 6.07) is 0. The molecule has 1 N–H and O–H groups in total. The van der Waals surface area contributed by atoms with Crippen LogP contribution in [-0.2, 0) is 9.59 Å². The quantitative estimate of drug-likeness (QED) is 0.569. The Morgan fingerprint density at radius 1 is 0.929 bits per heavy atom.